The molecule has 0 aromatic heterocycles. The number of ether oxygens (including phenoxy) is 2. The SMILES string of the molecule is COc1ccc2c(c1)C(c1ccc(Cl)cc1)=NC(CC(=O)NCCOc1ccc(O)c(O)c1)C1NNC(C)N21. The first-order valence-corrected chi connectivity index (χ1v) is 12.9. The Kier molecular flexibility index (Phi) is 7.78. The number of amides is 1. The van der Waals surface area contributed by atoms with E-state index in [1.807, 2.05) is 49.4 Å². The third-order valence-electron chi connectivity index (χ3n) is 6.71. The number of rotatable bonds is 8. The van der Waals surface area contributed by atoms with Crippen molar-refractivity contribution in [1.29, 1.82) is 0 Å². The highest BCUT2D eigenvalue weighted by Gasteiger charge is 2.40. The van der Waals surface area contributed by atoms with Crippen LogP contribution < -0.4 is 30.5 Å². The Morgan fingerprint density at radius 3 is 2.56 bits per heavy atom. The largest absolute Gasteiger partial charge is 0.504 e. The van der Waals surface area contributed by atoms with Gasteiger partial charge in [-0.1, -0.05) is 23.7 Å². The number of carbonyl (C=O) groups is 1. The van der Waals surface area contributed by atoms with Crippen molar-refractivity contribution in [3.63, 3.8) is 0 Å². The number of fused-ring (bicyclic) bond motifs is 3. The summed E-state index contributed by atoms with van der Waals surface area (Å²) >= 11 is 6.17. The predicted octanol–water partition coefficient (Wildman–Crippen LogP) is 3.15. The molecule has 0 aliphatic carbocycles. The summed E-state index contributed by atoms with van der Waals surface area (Å²) in [4.78, 5) is 20.4. The fourth-order valence-electron chi connectivity index (χ4n) is 4.80. The number of carbonyl (C=O) groups excluding carboxylic acids is 1. The maximum Gasteiger partial charge on any atom is 0.222 e. The van der Waals surface area contributed by atoms with Gasteiger partial charge in [0.1, 0.15) is 24.3 Å². The first-order chi connectivity index (χ1) is 18.8. The quantitative estimate of drug-likeness (QED) is 0.213. The van der Waals surface area contributed by atoms with E-state index in [0.717, 1.165) is 22.5 Å². The van der Waals surface area contributed by atoms with Crippen molar-refractivity contribution >= 4 is 28.9 Å². The first kappa shape index (κ1) is 26.6. The summed E-state index contributed by atoms with van der Waals surface area (Å²) in [6, 6.07) is 17.2. The van der Waals surface area contributed by atoms with Gasteiger partial charge >= 0.3 is 0 Å². The van der Waals surface area contributed by atoms with Crippen LogP contribution in [0.2, 0.25) is 5.02 Å². The second kappa shape index (κ2) is 11.4. The number of phenols is 2. The molecule has 1 amide bonds. The molecule has 0 spiro atoms. The fraction of sp³-hybridized carbons (Fsp3) is 0.286. The minimum Gasteiger partial charge on any atom is -0.504 e. The van der Waals surface area contributed by atoms with Crippen molar-refractivity contribution in [3.05, 3.63) is 76.8 Å². The predicted molar refractivity (Wildman–Crippen MR) is 149 cm³/mol. The first-order valence-electron chi connectivity index (χ1n) is 12.6. The second-order valence-corrected chi connectivity index (χ2v) is 9.74. The molecule has 1 saturated heterocycles. The van der Waals surface area contributed by atoms with Gasteiger partial charge in [0.05, 0.1) is 38.0 Å². The molecule has 1 fully saturated rings. The highest BCUT2D eigenvalue weighted by atomic mass is 35.5. The number of anilines is 1. The Morgan fingerprint density at radius 1 is 1.05 bits per heavy atom. The van der Waals surface area contributed by atoms with Crippen molar-refractivity contribution in [2.45, 2.75) is 31.7 Å². The monoisotopic (exact) mass is 551 g/mol. The standard InChI is InChI=1S/C28H30ClN5O5/c1-16-32-33-28-22(15-26(37)30-11-12-39-20-8-10-24(35)25(36)14-20)31-27(17-3-5-18(29)6-4-17)21-13-19(38-2)7-9-23(21)34(16)28/h3-10,13-14,16,22,28,32-33,35-36H,11-12,15H2,1-2H3,(H,30,37). The van der Waals surface area contributed by atoms with Gasteiger partial charge < -0.3 is 29.9 Å². The molecule has 2 heterocycles. The topological polar surface area (TPSA) is 128 Å². The molecule has 5 N–H and O–H groups in total. The van der Waals surface area contributed by atoms with E-state index < -0.39 is 6.04 Å². The molecule has 3 atom stereocenters. The maximum atomic E-state index is 13.1. The number of phenolic OH excluding ortho intramolecular Hbond substituents is 2. The number of aliphatic imine (C=N–C) groups is 1. The number of nitrogens with zero attached hydrogens (tertiary/aromatic N) is 2. The minimum atomic E-state index is -0.429. The Balaban J connectivity index is 1.37. The zero-order chi connectivity index (χ0) is 27.5. The average Bonchev–Trinajstić information content (AvgIpc) is 3.26. The van der Waals surface area contributed by atoms with Crippen molar-refractivity contribution in [2.24, 2.45) is 4.99 Å². The lowest BCUT2D eigenvalue weighted by atomic mass is 9.99. The Labute approximate surface area is 231 Å². The Bertz CT molecular complexity index is 1380. The molecule has 0 saturated carbocycles. The third-order valence-corrected chi connectivity index (χ3v) is 6.96. The number of hydrazine groups is 1. The summed E-state index contributed by atoms with van der Waals surface area (Å²) in [7, 11) is 1.63. The molecule has 3 aromatic rings. The lowest BCUT2D eigenvalue weighted by molar-refractivity contribution is -0.121. The normalized spacial score (nSPS) is 19.9. The van der Waals surface area contributed by atoms with Crippen LogP contribution in [0.15, 0.2) is 65.7 Å². The summed E-state index contributed by atoms with van der Waals surface area (Å²) in [5, 5.41) is 22.6. The highest BCUT2D eigenvalue weighted by molar-refractivity contribution is 6.30. The van der Waals surface area contributed by atoms with Crippen LogP contribution in [0.5, 0.6) is 23.0 Å². The number of aromatic hydroxyl groups is 2. The molecular weight excluding hydrogens is 522 g/mol. The molecule has 11 heteroatoms. The number of methoxy groups -OCH3 is 1. The lowest BCUT2D eigenvalue weighted by Crippen LogP contribution is -2.48. The van der Waals surface area contributed by atoms with Crippen LogP contribution in [0.3, 0.4) is 0 Å². The summed E-state index contributed by atoms with van der Waals surface area (Å²) in [6.45, 7) is 2.50. The summed E-state index contributed by atoms with van der Waals surface area (Å²) < 4.78 is 11.1. The van der Waals surface area contributed by atoms with Gasteiger partial charge in [0.15, 0.2) is 11.5 Å². The summed E-state index contributed by atoms with van der Waals surface area (Å²) in [5.41, 5.74) is 10.1. The van der Waals surface area contributed by atoms with Crippen molar-refractivity contribution in [2.75, 3.05) is 25.2 Å². The zero-order valence-electron chi connectivity index (χ0n) is 21.5. The van der Waals surface area contributed by atoms with Gasteiger partial charge in [-0.2, -0.15) is 0 Å². The molecule has 3 unspecified atom stereocenters. The van der Waals surface area contributed by atoms with Crippen LogP contribution >= 0.6 is 11.6 Å². The fourth-order valence-corrected chi connectivity index (χ4v) is 4.92. The average molecular weight is 552 g/mol. The van der Waals surface area contributed by atoms with Crippen molar-refractivity contribution in [3.8, 4) is 23.0 Å². The van der Waals surface area contributed by atoms with Crippen LogP contribution in [-0.2, 0) is 4.79 Å². The molecule has 2 aliphatic heterocycles. The molecule has 0 bridgehead atoms. The molecule has 39 heavy (non-hydrogen) atoms. The van der Waals surface area contributed by atoms with Crippen LogP contribution in [0.4, 0.5) is 5.69 Å². The molecule has 3 aromatic carbocycles. The van der Waals surface area contributed by atoms with E-state index >= 15 is 0 Å². The number of hydrogen-bond donors (Lipinski definition) is 5. The van der Waals surface area contributed by atoms with E-state index in [-0.39, 0.29) is 49.3 Å². The molecule has 5 rings (SSSR count). The second-order valence-electron chi connectivity index (χ2n) is 9.30. The van der Waals surface area contributed by atoms with Gasteiger partial charge in [-0.3, -0.25) is 9.79 Å². The molecule has 10 nitrogen and oxygen atoms in total. The number of halogens is 1. The Morgan fingerprint density at radius 2 is 1.82 bits per heavy atom. The van der Waals surface area contributed by atoms with Crippen molar-refractivity contribution in [1.82, 2.24) is 16.2 Å². The highest BCUT2D eigenvalue weighted by Crippen LogP contribution is 2.36. The van der Waals surface area contributed by atoms with Crippen LogP contribution in [0.25, 0.3) is 0 Å². The van der Waals surface area contributed by atoms with E-state index in [1.165, 1.54) is 18.2 Å². The van der Waals surface area contributed by atoms with Gasteiger partial charge in [0.2, 0.25) is 5.91 Å². The van der Waals surface area contributed by atoms with E-state index in [9.17, 15) is 15.0 Å². The van der Waals surface area contributed by atoms with Gasteiger partial charge in [0.25, 0.3) is 0 Å². The van der Waals surface area contributed by atoms with Crippen LogP contribution in [0.1, 0.15) is 24.5 Å². The van der Waals surface area contributed by atoms with Crippen LogP contribution in [-0.4, -0.2) is 60.5 Å². The van der Waals surface area contributed by atoms with E-state index in [2.05, 4.69) is 21.1 Å². The van der Waals surface area contributed by atoms with E-state index in [4.69, 9.17) is 26.1 Å². The lowest BCUT2D eigenvalue weighted by Gasteiger charge is -2.31. The molecule has 0 radical (unpaired) electrons. The number of hydrogen-bond acceptors (Lipinski definition) is 9. The van der Waals surface area contributed by atoms with Crippen molar-refractivity contribution < 1.29 is 24.5 Å². The van der Waals surface area contributed by atoms with Gasteiger partial charge in [0, 0.05) is 27.9 Å². The molecule has 2 aliphatic rings. The molecule has 204 valence electrons. The molecular formula is C28H30ClN5O5. The van der Waals surface area contributed by atoms with Crippen LogP contribution in [0, 0.1) is 0 Å². The maximum absolute atomic E-state index is 13.1. The van der Waals surface area contributed by atoms with E-state index in [1.54, 1.807) is 7.11 Å². The van der Waals surface area contributed by atoms with E-state index in [0.29, 0.717) is 16.5 Å². The van der Waals surface area contributed by atoms with Gasteiger partial charge in [-0.05, 0) is 49.4 Å². The number of nitrogens with one attached hydrogen (secondary N) is 3. The Hall–Kier alpha value is -3.99. The summed E-state index contributed by atoms with van der Waals surface area (Å²) in [5.74, 6) is 0.421. The summed E-state index contributed by atoms with van der Waals surface area (Å²) in [6.07, 6.45) is -0.202. The third kappa shape index (κ3) is 5.73. The van der Waals surface area contributed by atoms with Gasteiger partial charge in [-0.15, -0.1) is 0 Å². The number of benzene rings is 3. The zero-order valence-corrected chi connectivity index (χ0v) is 22.3. The minimum absolute atomic E-state index is 0.0531. The smallest absolute Gasteiger partial charge is 0.222 e. The van der Waals surface area contributed by atoms with Gasteiger partial charge in [-0.25, -0.2) is 10.9 Å².